The van der Waals surface area contributed by atoms with Crippen LogP contribution < -0.4 is 0 Å². The van der Waals surface area contributed by atoms with Gasteiger partial charge in [-0.25, -0.2) is 4.39 Å². The van der Waals surface area contributed by atoms with Gasteiger partial charge in [0.1, 0.15) is 16.6 Å². The van der Waals surface area contributed by atoms with Crippen molar-refractivity contribution in [3.05, 3.63) is 47.1 Å². The molecule has 110 valence electrons. The van der Waals surface area contributed by atoms with Gasteiger partial charge in [0.05, 0.1) is 16.8 Å². The van der Waals surface area contributed by atoms with E-state index < -0.39 is 5.82 Å². The molecule has 3 aromatic heterocycles. The van der Waals surface area contributed by atoms with Crippen LogP contribution in [0.3, 0.4) is 0 Å². The van der Waals surface area contributed by atoms with Gasteiger partial charge in [0.25, 0.3) is 0 Å². The summed E-state index contributed by atoms with van der Waals surface area (Å²) >= 11 is 7.18. The van der Waals surface area contributed by atoms with E-state index in [0.717, 1.165) is 16.9 Å². The zero-order valence-electron chi connectivity index (χ0n) is 11.2. The molecule has 4 rings (SSSR count). The van der Waals surface area contributed by atoms with Crippen LogP contribution >= 0.6 is 22.9 Å². The number of hydrogen-bond acceptors (Lipinski definition) is 5. The van der Waals surface area contributed by atoms with Crippen LogP contribution in [0, 0.1) is 12.7 Å². The van der Waals surface area contributed by atoms with Gasteiger partial charge in [-0.05, 0) is 31.2 Å². The third kappa shape index (κ3) is 2.01. The van der Waals surface area contributed by atoms with Gasteiger partial charge < -0.3 is 4.42 Å². The molecule has 3 heterocycles. The van der Waals surface area contributed by atoms with Gasteiger partial charge in [0.15, 0.2) is 5.82 Å². The summed E-state index contributed by atoms with van der Waals surface area (Å²) in [4.78, 5) is 0.644. The van der Waals surface area contributed by atoms with Crippen LogP contribution in [0.25, 0.3) is 26.9 Å². The summed E-state index contributed by atoms with van der Waals surface area (Å²) in [5, 5.41) is 13.5. The number of furan rings is 1. The van der Waals surface area contributed by atoms with Gasteiger partial charge in [-0.15, -0.1) is 10.2 Å². The predicted molar refractivity (Wildman–Crippen MR) is 81.5 cm³/mol. The number of aromatic nitrogens is 4. The summed E-state index contributed by atoms with van der Waals surface area (Å²) in [6.07, 6.45) is 1.60. The minimum absolute atomic E-state index is 0.0642. The van der Waals surface area contributed by atoms with Crippen molar-refractivity contribution in [3.8, 4) is 22.0 Å². The molecular formula is C14H8ClFN4OS. The lowest BCUT2D eigenvalue weighted by Crippen LogP contribution is -1.91. The number of fused-ring (bicyclic) bond motifs is 1. The molecule has 8 heteroatoms. The Labute approximate surface area is 133 Å². The topological polar surface area (TPSA) is 56.2 Å². The van der Waals surface area contributed by atoms with Crippen molar-refractivity contribution in [2.45, 2.75) is 6.92 Å². The van der Waals surface area contributed by atoms with E-state index in [-0.39, 0.29) is 5.02 Å². The van der Waals surface area contributed by atoms with E-state index in [1.807, 2.05) is 13.0 Å². The zero-order valence-corrected chi connectivity index (χ0v) is 12.8. The first-order chi connectivity index (χ1) is 10.6. The molecule has 0 bridgehead atoms. The summed E-state index contributed by atoms with van der Waals surface area (Å²) in [6.45, 7) is 1.85. The lowest BCUT2D eigenvalue weighted by Gasteiger charge is -1.98. The molecule has 0 atom stereocenters. The maximum Gasteiger partial charge on any atom is 0.235 e. The first kappa shape index (κ1) is 13.4. The predicted octanol–water partition coefficient (Wildman–Crippen LogP) is 4.21. The molecule has 0 fully saturated rings. The number of rotatable bonds is 2. The molecule has 22 heavy (non-hydrogen) atoms. The van der Waals surface area contributed by atoms with Crippen molar-refractivity contribution < 1.29 is 8.81 Å². The Morgan fingerprint density at radius 2 is 2.14 bits per heavy atom. The normalized spacial score (nSPS) is 11.4. The number of aryl methyl sites for hydroxylation is 1. The second-order valence-electron chi connectivity index (χ2n) is 4.64. The molecule has 0 saturated carbocycles. The molecular weight excluding hydrogens is 327 g/mol. The quantitative estimate of drug-likeness (QED) is 0.551. The summed E-state index contributed by atoms with van der Waals surface area (Å²) in [5.74, 6) is 0.897. The molecule has 0 spiro atoms. The Hall–Kier alpha value is -2.25. The summed E-state index contributed by atoms with van der Waals surface area (Å²) < 4.78 is 20.2. The zero-order chi connectivity index (χ0) is 15.3. The average Bonchev–Trinajstić information content (AvgIpc) is 3.17. The molecule has 4 aromatic rings. The molecule has 1 aromatic carbocycles. The van der Waals surface area contributed by atoms with Crippen LogP contribution in [0.15, 0.2) is 34.9 Å². The van der Waals surface area contributed by atoms with Crippen molar-refractivity contribution in [2.75, 3.05) is 0 Å². The highest BCUT2D eigenvalue weighted by Crippen LogP contribution is 2.31. The van der Waals surface area contributed by atoms with Crippen LogP contribution in [0.4, 0.5) is 4.39 Å². The summed E-state index contributed by atoms with van der Waals surface area (Å²) in [5.41, 5.74) is 1.57. The van der Waals surface area contributed by atoms with Crippen LogP contribution in [-0.4, -0.2) is 19.8 Å². The van der Waals surface area contributed by atoms with Gasteiger partial charge in [0.2, 0.25) is 4.96 Å². The molecule has 0 aliphatic heterocycles. The maximum absolute atomic E-state index is 13.3. The Kier molecular flexibility index (Phi) is 2.98. The van der Waals surface area contributed by atoms with Gasteiger partial charge in [-0.1, -0.05) is 22.9 Å². The lowest BCUT2D eigenvalue weighted by atomic mass is 10.2. The number of halogens is 2. The Morgan fingerprint density at radius 1 is 1.27 bits per heavy atom. The fraction of sp³-hybridized carbons (Fsp3) is 0.0714. The number of benzene rings is 1. The second-order valence-corrected chi connectivity index (χ2v) is 6.01. The summed E-state index contributed by atoms with van der Waals surface area (Å²) in [7, 11) is 0. The van der Waals surface area contributed by atoms with E-state index in [1.54, 1.807) is 22.9 Å². The van der Waals surface area contributed by atoms with Gasteiger partial charge in [0, 0.05) is 5.56 Å². The van der Waals surface area contributed by atoms with Crippen molar-refractivity contribution in [3.63, 3.8) is 0 Å². The first-order valence-corrected chi connectivity index (χ1v) is 7.55. The lowest BCUT2D eigenvalue weighted by molar-refractivity contribution is 0.535. The molecule has 0 unspecified atom stereocenters. The highest BCUT2D eigenvalue weighted by molar-refractivity contribution is 7.19. The van der Waals surface area contributed by atoms with Crippen molar-refractivity contribution in [1.29, 1.82) is 0 Å². The Morgan fingerprint density at radius 3 is 2.86 bits per heavy atom. The monoisotopic (exact) mass is 334 g/mol. The molecule has 0 amide bonds. The number of nitrogens with zero attached hydrogens (tertiary/aromatic N) is 4. The van der Waals surface area contributed by atoms with Crippen LogP contribution in [0.2, 0.25) is 5.02 Å². The van der Waals surface area contributed by atoms with E-state index in [2.05, 4.69) is 15.3 Å². The van der Waals surface area contributed by atoms with Crippen LogP contribution in [0.1, 0.15) is 5.76 Å². The fourth-order valence-corrected chi connectivity index (χ4v) is 3.16. The van der Waals surface area contributed by atoms with E-state index in [4.69, 9.17) is 16.0 Å². The van der Waals surface area contributed by atoms with Gasteiger partial charge in [-0.2, -0.15) is 9.61 Å². The van der Waals surface area contributed by atoms with E-state index >= 15 is 0 Å². The smallest absolute Gasteiger partial charge is 0.235 e. The third-order valence-corrected chi connectivity index (χ3v) is 4.49. The molecule has 5 nitrogen and oxygen atoms in total. The van der Waals surface area contributed by atoms with E-state index in [9.17, 15) is 4.39 Å². The standard InChI is InChI=1S/C14H8ClFN4OS/c1-7-9(4-5-21-7)12-17-18-14-20(12)19-13(22-14)8-2-3-11(16)10(15)6-8/h2-6H,1H3. The second kappa shape index (κ2) is 4.89. The highest BCUT2D eigenvalue weighted by atomic mass is 35.5. The summed E-state index contributed by atoms with van der Waals surface area (Å²) in [6, 6.07) is 6.32. The minimum atomic E-state index is -0.455. The van der Waals surface area contributed by atoms with Crippen molar-refractivity contribution in [2.24, 2.45) is 0 Å². The van der Waals surface area contributed by atoms with Gasteiger partial charge >= 0.3 is 0 Å². The fourth-order valence-electron chi connectivity index (χ4n) is 2.15. The van der Waals surface area contributed by atoms with Crippen LogP contribution in [-0.2, 0) is 0 Å². The van der Waals surface area contributed by atoms with Crippen molar-refractivity contribution >= 4 is 27.9 Å². The molecule has 0 N–H and O–H groups in total. The Balaban J connectivity index is 1.86. The maximum atomic E-state index is 13.3. The van der Waals surface area contributed by atoms with Gasteiger partial charge in [-0.3, -0.25) is 0 Å². The third-order valence-electron chi connectivity index (χ3n) is 3.26. The average molecular weight is 335 g/mol. The first-order valence-electron chi connectivity index (χ1n) is 6.35. The van der Waals surface area contributed by atoms with Crippen molar-refractivity contribution in [1.82, 2.24) is 19.8 Å². The van der Waals surface area contributed by atoms with E-state index in [0.29, 0.717) is 15.8 Å². The SMILES string of the molecule is Cc1occc1-c1nnc2sc(-c3ccc(F)c(Cl)c3)nn12. The van der Waals surface area contributed by atoms with Crippen LogP contribution in [0.5, 0.6) is 0 Å². The van der Waals surface area contributed by atoms with E-state index in [1.165, 1.54) is 17.4 Å². The number of hydrogen-bond donors (Lipinski definition) is 0. The molecule has 0 radical (unpaired) electrons. The minimum Gasteiger partial charge on any atom is -0.469 e. The largest absolute Gasteiger partial charge is 0.469 e. The molecule has 0 saturated heterocycles. The molecule has 0 aliphatic carbocycles. The Bertz CT molecular complexity index is 990. The highest BCUT2D eigenvalue weighted by Gasteiger charge is 2.17. The molecule has 0 aliphatic rings.